The number of carbonyl (C=O) groups excluding carboxylic acids is 2. The predicted octanol–water partition coefficient (Wildman–Crippen LogP) is 0.890. The maximum atomic E-state index is 11.4. The van der Waals surface area contributed by atoms with Crippen molar-refractivity contribution >= 4 is 29.2 Å². The van der Waals surface area contributed by atoms with Crippen molar-refractivity contribution in [3.63, 3.8) is 0 Å². The lowest BCUT2D eigenvalue weighted by Crippen LogP contribution is -2.21. The Balaban J connectivity index is 2.95. The molecule has 1 amide bonds. The van der Waals surface area contributed by atoms with E-state index in [2.05, 4.69) is 4.74 Å². The molecule has 0 radical (unpaired) electrons. The van der Waals surface area contributed by atoms with Gasteiger partial charge in [-0.15, -0.1) is 0 Å². The summed E-state index contributed by atoms with van der Waals surface area (Å²) in [5.74, 6) is -1.78. The number of amides is 1. The van der Waals surface area contributed by atoms with E-state index in [0.717, 1.165) is 12.1 Å². The number of nitrogens with zero attached hydrogens (tertiary/aromatic N) is 1. The van der Waals surface area contributed by atoms with E-state index in [-0.39, 0.29) is 16.3 Å². The minimum atomic E-state index is -0.947. The fourth-order valence-corrected chi connectivity index (χ4v) is 1.19. The van der Waals surface area contributed by atoms with Crippen LogP contribution in [0.4, 0.5) is 5.69 Å². The summed E-state index contributed by atoms with van der Waals surface area (Å²) >= 11 is 5.67. The highest BCUT2D eigenvalue weighted by molar-refractivity contribution is 6.33. The standard InChI is InChI=1S/C9H7ClN2O5/c10-7-2-1-5(12(15)16)3-6(7)9(14)17-4-8(11)13/h1-3H,4H2,(H2,11,13). The van der Waals surface area contributed by atoms with Crippen LogP contribution in [-0.2, 0) is 9.53 Å². The number of non-ortho nitro benzene ring substituents is 1. The Bertz CT molecular complexity index is 488. The van der Waals surface area contributed by atoms with Crippen LogP contribution in [0.15, 0.2) is 18.2 Å². The molecule has 0 bridgehead atoms. The number of halogens is 1. The number of esters is 1. The largest absolute Gasteiger partial charge is 0.452 e. The molecule has 1 aromatic rings. The third-order valence-electron chi connectivity index (χ3n) is 1.73. The van der Waals surface area contributed by atoms with Crippen molar-refractivity contribution < 1.29 is 19.2 Å². The summed E-state index contributed by atoms with van der Waals surface area (Å²) in [6.45, 7) is -0.613. The van der Waals surface area contributed by atoms with Crippen molar-refractivity contribution in [2.75, 3.05) is 6.61 Å². The molecular formula is C9H7ClN2O5. The van der Waals surface area contributed by atoms with Gasteiger partial charge in [-0.1, -0.05) is 11.6 Å². The van der Waals surface area contributed by atoms with E-state index >= 15 is 0 Å². The molecule has 0 unspecified atom stereocenters. The van der Waals surface area contributed by atoms with Crippen molar-refractivity contribution in [2.24, 2.45) is 5.73 Å². The Kier molecular flexibility index (Phi) is 4.00. The highest BCUT2D eigenvalue weighted by atomic mass is 35.5. The molecular weight excluding hydrogens is 252 g/mol. The third-order valence-corrected chi connectivity index (χ3v) is 2.06. The van der Waals surface area contributed by atoms with E-state index in [9.17, 15) is 19.7 Å². The van der Waals surface area contributed by atoms with Crippen LogP contribution in [0.1, 0.15) is 10.4 Å². The lowest BCUT2D eigenvalue weighted by atomic mass is 10.2. The molecule has 1 rings (SSSR count). The van der Waals surface area contributed by atoms with Crippen molar-refractivity contribution in [3.05, 3.63) is 38.9 Å². The first-order valence-corrected chi connectivity index (χ1v) is 4.69. The minimum absolute atomic E-state index is 0.00919. The summed E-state index contributed by atoms with van der Waals surface area (Å²) in [6.07, 6.45) is 0. The van der Waals surface area contributed by atoms with Crippen molar-refractivity contribution in [3.8, 4) is 0 Å². The van der Waals surface area contributed by atoms with Gasteiger partial charge in [0.15, 0.2) is 6.61 Å². The molecule has 0 aromatic heterocycles. The highest BCUT2D eigenvalue weighted by Gasteiger charge is 2.17. The van der Waals surface area contributed by atoms with Crippen molar-refractivity contribution in [2.45, 2.75) is 0 Å². The van der Waals surface area contributed by atoms with Gasteiger partial charge in [0, 0.05) is 12.1 Å². The summed E-state index contributed by atoms with van der Waals surface area (Å²) in [6, 6.07) is 3.30. The van der Waals surface area contributed by atoms with Crippen molar-refractivity contribution in [1.82, 2.24) is 0 Å². The van der Waals surface area contributed by atoms with Crippen LogP contribution >= 0.6 is 11.6 Å². The van der Waals surface area contributed by atoms with Gasteiger partial charge in [-0.3, -0.25) is 14.9 Å². The Morgan fingerprint density at radius 2 is 2.12 bits per heavy atom. The number of benzene rings is 1. The molecule has 1 aromatic carbocycles. The number of nitrogens with two attached hydrogens (primary N) is 1. The third kappa shape index (κ3) is 3.42. The normalized spacial score (nSPS) is 9.71. The fraction of sp³-hybridized carbons (Fsp3) is 0.111. The maximum Gasteiger partial charge on any atom is 0.340 e. The molecule has 0 aliphatic carbocycles. The summed E-state index contributed by atoms with van der Waals surface area (Å²) in [4.78, 5) is 31.6. The van der Waals surface area contributed by atoms with Crippen LogP contribution in [-0.4, -0.2) is 23.4 Å². The zero-order chi connectivity index (χ0) is 13.0. The molecule has 17 heavy (non-hydrogen) atoms. The Morgan fingerprint density at radius 3 is 2.65 bits per heavy atom. The summed E-state index contributed by atoms with van der Waals surface area (Å²) in [7, 11) is 0. The highest BCUT2D eigenvalue weighted by Crippen LogP contribution is 2.22. The zero-order valence-electron chi connectivity index (χ0n) is 8.38. The number of primary amides is 1. The Morgan fingerprint density at radius 1 is 1.47 bits per heavy atom. The van der Waals surface area contributed by atoms with Gasteiger partial charge in [0.25, 0.3) is 11.6 Å². The van der Waals surface area contributed by atoms with E-state index in [1.54, 1.807) is 0 Å². The molecule has 8 heteroatoms. The summed E-state index contributed by atoms with van der Waals surface area (Å²) < 4.78 is 4.48. The monoisotopic (exact) mass is 258 g/mol. The van der Waals surface area contributed by atoms with Crippen molar-refractivity contribution in [1.29, 1.82) is 0 Å². The second-order valence-electron chi connectivity index (χ2n) is 2.96. The van der Waals surface area contributed by atoms with Gasteiger partial charge in [0.1, 0.15) is 0 Å². The van der Waals surface area contributed by atoms with E-state index in [1.807, 2.05) is 0 Å². The molecule has 0 heterocycles. The lowest BCUT2D eigenvalue weighted by Gasteiger charge is -2.03. The average Bonchev–Trinajstić information content (AvgIpc) is 2.26. The fourth-order valence-electron chi connectivity index (χ4n) is 0.998. The molecule has 0 aliphatic rings. The molecule has 0 aliphatic heterocycles. The van der Waals surface area contributed by atoms with Gasteiger partial charge >= 0.3 is 5.97 Å². The first kappa shape index (κ1) is 12.9. The van der Waals surface area contributed by atoms with Gasteiger partial charge in [-0.2, -0.15) is 0 Å². The summed E-state index contributed by atoms with van der Waals surface area (Å²) in [5, 5.41) is 10.5. The Hall–Kier alpha value is -2.15. The second kappa shape index (κ2) is 5.26. The number of carbonyl (C=O) groups is 2. The van der Waals surface area contributed by atoms with Crippen LogP contribution in [0.2, 0.25) is 5.02 Å². The van der Waals surface area contributed by atoms with Gasteiger partial charge in [-0.25, -0.2) is 4.79 Å². The van der Waals surface area contributed by atoms with Crippen LogP contribution in [0.3, 0.4) is 0 Å². The topological polar surface area (TPSA) is 113 Å². The quantitative estimate of drug-likeness (QED) is 0.489. The number of hydrogen-bond donors (Lipinski definition) is 1. The molecule has 0 saturated carbocycles. The number of rotatable bonds is 4. The van der Waals surface area contributed by atoms with E-state index in [1.165, 1.54) is 6.07 Å². The van der Waals surface area contributed by atoms with E-state index in [4.69, 9.17) is 17.3 Å². The molecule has 2 N–H and O–H groups in total. The van der Waals surface area contributed by atoms with Gasteiger partial charge in [0.05, 0.1) is 15.5 Å². The van der Waals surface area contributed by atoms with Gasteiger partial charge in [0.2, 0.25) is 0 Å². The molecule has 0 saturated heterocycles. The molecule has 90 valence electrons. The van der Waals surface area contributed by atoms with Gasteiger partial charge < -0.3 is 10.5 Å². The average molecular weight is 259 g/mol. The summed E-state index contributed by atoms with van der Waals surface area (Å²) in [5.41, 5.74) is 4.28. The molecule has 0 spiro atoms. The SMILES string of the molecule is NC(=O)COC(=O)c1cc([N+](=O)[O-])ccc1Cl. The van der Waals surface area contributed by atoms with Gasteiger partial charge in [-0.05, 0) is 6.07 Å². The van der Waals surface area contributed by atoms with Crippen LogP contribution < -0.4 is 5.73 Å². The first-order valence-electron chi connectivity index (χ1n) is 4.31. The van der Waals surface area contributed by atoms with E-state index < -0.39 is 23.4 Å². The molecule has 7 nitrogen and oxygen atoms in total. The van der Waals surface area contributed by atoms with Crippen LogP contribution in [0, 0.1) is 10.1 Å². The first-order chi connectivity index (χ1) is 7.91. The zero-order valence-corrected chi connectivity index (χ0v) is 9.14. The molecule has 0 fully saturated rings. The maximum absolute atomic E-state index is 11.4. The number of nitro benzene ring substituents is 1. The van der Waals surface area contributed by atoms with E-state index in [0.29, 0.717) is 0 Å². The number of nitro groups is 1. The number of hydrogen-bond acceptors (Lipinski definition) is 5. The minimum Gasteiger partial charge on any atom is -0.452 e. The van der Waals surface area contributed by atoms with Crippen LogP contribution in [0.25, 0.3) is 0 Å². The predicted molar refractivity (Wildman–Crippen MR) is 57.6 cm³/mol. The van der Waals surface area contributed by atoms with Crippen LogP contribution in [0.5, 0.6) is 0 Å². The molecule has 0 atom stereocenters. The smallest absolute Gasteiger partial charge is 0.340 e. The second-order valence-corrected chi connectivity index (χ2v) is 3.37. The number of ether oxygens (including phenoxy) is 1. The lowest BCUT2D eigenvalue weighted by molar-refractivity contribution is -0.384. The Labute approximate surface area is 100 Å².